The van der Waals surface area contributed by atoms with Crippen LogP contribution < -0.4 is 0 Å². The minimum atomic E-state index is -5.17. The second-order valence-electron chi connectivity index (χ2n) is 2.33. The van der Waals surface area contributed by atoms with Crippen molar-refractivity contribution in [3.8, 4) is 5.75 Å². The van der Waals surface area contributed by atoms with E-state index in [0.29, 0.717) is 0 Å². The quantitative estimate of drug-likeness (QED) is 0.362. The predicted octanol–water partition coefficient (Wildman–Crippen LogP) is -1.43. The van der Waals surface area contributed by atoms with E-state index in [0.717, 1.165) is 12.1 Å². The Morgan fingerprint density at radius 2 is 1.28 bits per heavy atom. The number of para-hydroxylation sites is 1. The van der Waals surface area contributed by atoms with Crippen LogP contribution in [0.15, 0.2) is 29.2 Å². The fraction of sp³-hybridized carbons (Fsp3) is 0. The minimum absolute atomic E-state index is 0. The van der Waals surface area contributed by atoms with Gasteiger partial charge in [0.2, 0.25) is 0 Å². The van der Waals surface area contributed by atoms with E-state index in [1.807, 2.05) is 0 Å². The summed E-state index contributed by atoms with van der Waals surface area (Å²) in [6, 6.07) is 5.00. The zero-order valence-electron chi connectivity index (χ0n) is 8.72. The van der Waals surface area contributed by atoms with Crippen LogP contribution >= 0.6 is 0 Å². The summed E-state index contributed by atoms with van der Waals surface area (Å²) in [5.41, 5.74) is 0. The molecule has 0 aromatic heterocycles. The van der Waals surface area contributed by atoms with Gasteiger partial charge in [0.15, 0.2) is 0 Å². The molecular weight excluding hydrogens is 357 g/mol. The van der Waals surface area contributed by atoms with Crippen molar-refractivity contribution in [3.63, 3.8) is 0 Å². The number of hydrogen-bond donors (Lipinski definition) is 1. The van der Waals surface area contributed by atoms with Gasteiger partial charge in [-0.1, -0.05) is 12.1 Å². The maximum Gasteiger partial charge on any atom is 3.00 e. The molecule has 0 atom stereocenters. The molecule has 1 N–H and O–H groups in total. The fourth-order valence-electron chi connectivity index (χ4n) is 0.669. The average Bonchev–Trinajstić information content (AvgIpc) is 1.99. The van der Waals surface area contributed by atoms with Crippen LogP contribution in [0, 0.1) is 0 Å². The van der Waals surface area contributed by atoms with E-state index in [4.69, 9.17) is 22.6 Å². The third kappa shape index (κ3) is 12.4. The van der Waals surface area contributed by atoms with Crippen LogP contribution in [-0.4, -0.2) is 53.0 Å². The molecule has 0 saturated heterocycles. The van der Waals surface area contributed by atoms with E-state index in [1.165, 1.54) is 12.1 Å². The smallest absolute Gasteiger partial charge is 0.759 e. The normalized spacial score (nSPS) is 10.2. The maximum atomic E-state index is 10.3. The Labute approximate surface area is 127 Å². The number of phenolic OH excluding ortho intramolecular Hbond substituents is 1. The molecule has 0 fully saturated rings. The summed E-state index contributed by atoms with van der Waals surface area (Å²) in [6.07, 6.45) is 0. The van der Waals surface area contributed by atoms with E-state index in [9.17, 15) is 13.0 Å². The van der Waals surface area contributed by atoms with Crippen molar-refractivity contribution in [3.05, 3.63) is 24.3 Å². The van der Waals surface area contributed by atoms with Gasteiger partial charge in [-0.3, -0.25) is 8.42 Å². The molecule has 0 aliphatic heterocycles. The Hall–Kier alpha value is -0.0442. The van der Waals surface area contributed by atoms with E-state index in [2.05, 4.69) is 0 Å². The van der Waals surface area contributed by atoms with Crippen LogP contribution in [0.1, 0.15) is 0 Å². The monoisotopic (exact) mass is 360 g/mol. The Morgan fingerprint density at radius 3 is 1.50 bits per heavy atom. The molecule has 0 heterocycles. The van der Waals surface area contributed by atoms with E-state index >= 15 is 0 Å². The molecule has 12 heteroatoms. The molecule has 0 bridgehead atoms. The maximum absolute atomic E-state index is 10.3. The van der Waals surface area contributed by atoms with Crippen LogP contribution in [-0.2, 0) is 40.0 Å². The van der Waals surface area contributed by atoms with Crippen LogP contribution in [0.3, 0.4) is 0 Å². The zero-order valence-corrected chi connectivity index (χ0v) is 14.5. The largest absolute Gasteiger partial charge is 3.00 e. The molecule has 0 aliphatic carbocycles. The molecule has 8 nitrogen and oxygen atoms in total. The molecule has 0 radical (unpaired) electrons. The zero-order chi connectivity index (χ0) is 13.0. The number of benzene rings is 1. The van der Waals surface area contributed by atoms with Crippen LogP contribution in [0.5, 0.6) is 5.75 Å². The number of aromatic hydroxyl groups is 1. The molecule has 0 aliphatic rings. The minimum Gasteiger partial charge on any atom is -0.759 e. The van der Waals surface area contributed by atoms with Gasteiger partial charge in [0.05, 0.1) is 4.90 Å². The summed E-state index contributed by atoms with van der Waals surface area (Å²) in [6.45, 7) is 0. The summed E-state index contributed by atoms with van der Waals surface area (Å²) in [5, 5.41) is 8.87. The Morgan fingerprint density at radius 1 is 0.944 bits per heavy atom. The fourth-order valence-corrected chi connectivity index (χ4v) is 1.24. The van der Waals surface area contributed by atoms with Gasteiger partial charge >= 0.3 is 36.8 Å². The van der Waals surface area contributed by atoms with Gasteiger partial charge in [-0.05, 0) is 12.1 Å². The van der Waals surface area contributed by atoms with Gasteiger partial charge in [0.1, 0.15) is 15.9 Å². The van der Waals surface area contributed by atoms with Crippen LogP contribution in [0.25, 0.3) is 0 Å². The van der Waals surface area contributed by atoms with Crippen molar-refractivity contribution in [2.45, 2.75) is 4.90 Å². The van der Waals surface area contributed by atoms with Crippen molar-refractivity contribution in [2.75, 3.05) is 0 Å². The number of phenols is 1. The number of hydrogen-bond acceptors (Lipinski definition) is 8. The summed E-state index contributed by atoms with van der Waals surface area (Å²) >= 11 is 0. The first-order valence-corrected chi connectivity index (χ1v) is 6.16. The standard InChI is InChI=1S/C6H6O4S.Al.H2O4S.Zn/c7-5-3-1-2-4-6(5)11(8,9)10;;1-5(2,3)4;/h1-4,7H,(H,8,9,10);;(H2,1,2,3,4);/q;+3;;+2/p-3. The molecule has 92 valence electrons. The molecule has 1 aromatic carbocycles. The molecule has 0 unspecified atom stereocenters. The van der Waals surface area contributed by atoms with Gasteiger partial charge in [0.25, 0.3) is 0 Å². The summed E-state index contributed by atoms with van der Waals surface area (Å²) in [7, 11) is -9.70. The first-order valence-electron chi connectivity index (χ1n) is 3.42. The van der Waals surface area contributed by atoms with E-state index in [-0.39, 0.29) is 36.8 Å². The third-order valence-corrected chi connectivity index (χ3v) is 2.02. The van der Waals surface area contributed by atoms with E-state index < -0.39 is 31.2 Å². The summed E-state index contributed by atoms with van der Waals surface area (Å²) in [5.74, 6) is -0.512. The first-order chi connectivity index (χ1) is 7.02. The summed E-state index contributed by atoms with van der Waals surface area (Å²) in [4.78, 5) is -0.583. The topological polar surface area (TPSA) is 158 Å². The van der Waals surface area contributed by atoms with Crippen LogP contribution in [0.4, 0.5) is 0 Å². The Balaban J connectivity index is -0.000000282. The predicted molar refractivity (Wildman–Crippen MR) is 52.3 cm³/mol. The van der Waals surface area contributed by atoms with Gasteiger partial charge in [-0.15, -0.1) is 0 Å². The van der Waals surface area contributed by atoms with Crippen molar-refractivity contribution in [1.82, 2.24) is 0 Å². The van der Waals surface area contributed by atoms with Gasteiger partial charge in [0, 0.05) is 10.4 Å². The molecule has 0 spiro atoms. The molecular formula is C6H5AlO8S2Zn+2. The van der Waals surface area contributed by atoms with Crippen molar-refractivity contribution in [1.29, 1.82) is 0 Å². The summed E-state index contributed by atoms with van der Waals surface area (Å²) < 4.78 is 65.1. The molecule has 0 amide bonds. The molecule has 18 heavy (non-hydrogen) atoms. The third-order valence-electron chi connectivity index (χ3n) is 1.13. The molecule has 1 aromatic rings. The average molecular weight is 362 g/mol. The van der Waals surface area contributed by atoms with Gasteiger partial charge in [-0.2, -0.15) is 0 Å². The van der Waals surface area contributed by atoms with Gasteiger partial charge in [-0.25, -0.2) is 8.42 Å². The SMILES string of the molecule is O=S(=O)([O-])[O-].O=S(=O)([O-])c1ccccc1O.[Al+3].[Zn+2]. The number of rotatable bonds is 1. The first kappa shape index (κ1) is 23.1. The second kappa shape index (κ2) is 8.95. The van der Waals surface area contributed by atoms with Crippen LogP contribution in [0.2, 0.25) is 0 Å². The van der Waals surface area contributed by atoms with E-state index in [1.54, 1.807) is 0 Å². The molecule has 0 saturated carbocycles. The van der Waals surface area contributed by atoms with Crippen molar-refractivity contribution < 1.29 is 55.1 Å². The molecule has 1 rings (SSSR count). The Bertz CT molecular complexity index is 547. The second-order valence-corrected chi connectivity index (χ2v) is 4.49. The van der Waals surface area contributed by atoms with Gasteiger partial charge < -0.3 is 18.8 Å². The van der Waals surface area contributed by atoms with Crippen molar-refractivity contribution >= 4 is 37.9 Å². The Kier molecular flexibility index (Phi) is 11.5. The van der Waals surface area contributed by atoms with Crippen molar-refractivity contribution in [2.24, 2.45) is 0 Å².